The van der Waals surface area contributed by atoms with Crippen molar-refractivity contribution < 1.29 is 13.3 Å². The predicted molar refractivity (Wildman–Crippen MR) is 630 cm³/mol. The fraction of sp³-hybridized carbons (Fsp3) is 0. The van der Waals surface area contributed by atoms with E-state index in [1.807, 2.05) is 36.4 Å². The molecule has 3 heterocycles. The largest absolute Gasteiger partial charge is 0.456 e. The van der Waals surface area contributed by atoms with E-state index in [1.54, 1.807) is 0 Å². The van der Waals surface area contributed by atoms with Crippen LogP contribution in [0.2, 0.25) is 0 Å². The maximum atomic E-state index is 6.43. The van der Waals surface area contributed by atoms with Crippen molar-refractivity contribution in [3.8, 4) is 134 Å². The van der Waals surface area contributed by atoms with Gasteiger partial charge in [0, 0.05) is 101 Å². The van der Waals surface area contributed by atoms with Crippen LogP contribution in [0.1, 0.15) is 0 Å². The normalized spacial score (nSPS) is 11.2. The zero-order valence-corrected chi connectivity index (χ0v) is 82.2. The molecule has 6 heteroatoms. The summed E-state index contributed by atoms with van der Waals surface area (Å²) in [6, 6.07) is 213. The van der Waals surface area contributed by atoms with Crippen LogP contribution in [-0.2, 0) is 0 Å². The van der Waals surface area contributed by atoms with Crippen molar-refractivity contribution in [2.45, 2.75) is 0 Å². The van der Waals surface area contributed by atoms with Crippen LogP contribution < -0.4 is 14.7 Å². The van der Waals surface area contributed by atoms with Crippen LogP contribution in [0.25, 0.3) is 199 Å². The van der Waals surface area contributed by atoms with E-state index in [0.29, 0.717) is 0 Å². The second-order valence-electron chi connectivity index (χ2n) is 37.7. The molecule has 0 aliphatic carbocycles. The molecule has 0 unspecified atom stereocenters. The van der Waals surface area contributed by atoms with E-state index in [-0.39, 0.29) is 0 Å². The molecular weight excluding hydrogens is 1820 g/mol. The summed E-state index contributed by atoms with van der Waals surface area (Å²) in [5.74, 6) is 0. The lowest BCUT2D eigenvalue weighted by Gasteiger charge is -2.29. The smallest absolute Gasteiger partial charge is 0.137 e. The lowest BCUT2D eigenvalue weighted by atomic mass is 9.93. The number of benzene rings is 24. The minimum Gasteiger partial charge on any atom is -0.456 e. The van der Waals surface area contributed by atoms with Gasteiger partial charge >= 0.3 is 0 Å². The lowest BCUT2D eigenvalue weighted by molar-refractivity contribution is 0.668. The molecule has 6 nitrogen and oxygen atoms in total. The van der Waals surface area contributed by atoms with Gasteiger partial charge in [-0.25, -0.2) is 0 Å². The molecule has 0 atom stereocenters. The molecule has 0 radical (unpaired) electrons. The molecule has 708 valence electrons. The molecule has 0 saturated heterocycles. The SMILES string of the molecule is c1ccc(-c2ccc(-c3ccccc3N(c3cccc(-c4cccc(-c5ccccc5)c4)c3)c3ccc4c(c3)oc3ccccc34)cc2)cc1.c1ccc(-c2cccc(-c3cccc(N(c4ccc5c(c4)oc4ccccc45)c4ccccc4-c4cccc(-c5ccccc5)c4)c3)c2)cc1.c1ccc(-c2cccc(-c3cccc(N(c4ccc5c(c4)oc4ccccc45)c4ccccc4-c4ccccc4-c4ccccc4)c3)c2)cc1. The molecule has 3 aromatic heterocycles. The molecule has 0 N–H and O–H groups in total. The maximum Gasteiger partial charge on any atom is 0.137 e. The van der Waals surface area contributed by atoms with E-state index < -0.39 is 0 Å². The fourth-order valence-corrected chi connectivity index (χ4v) is 21.1. The van der Waals surface area contributed by atoms with Gasteiger partial charge in [0.1, 0.15) is 33.5 Å². The Balaban J connectivity index is 0.000000116. The standard InChI is InChI=1S/3C48H33NO/c1-3-14-34(15-4-1)36-18-11-20-38(30-36)39-21-13-23-41(32-39)49(42-28-29-45-44-25-8-10-27-47(44)50-48(45)33-42)46-26-9-7-24-43(46)40-22-12-19-37(31-40)35-16-5-2-6-17-35;1-3-13-34(14-4-1)36-25-27-37(28-26-36)43-21-7-9-23-46(43)49(42-29-30-45-44-22-8-10-24-47(44)50-48(45)33-42)41-20-12-19-40(32-41)39-18-11-17-38(31-39)35-15-5-2-6-16-35;1-3-15-34(16-4-1)36-19-13-20-37(31-36)38-21-14-22-39(32-38)49(40-29-30-45-44-26-10-12-28-47(44)50-48(45)33-40)46-27-11-9-25-43(46)42-24-8-7-23-41(42)35-17-5-2-6-18-35/h3*1-33H. The average Bonchev–Trinajstić information content (AvgIpc) is 1.47. The quantitative estimate of drug-likeness (QED) is 0.0715. The zero-order chi connectivity index (χ0) is 99.8. The summed E-state index contributed by atoms with van der Waals surface area (Å²) in [5, 5.41) is 6.70. The zero-order valence-electron chi connectivity index (χ0n) is 82.2. The summed E-state index contributed by atoms with van der Waals surface area (Å²) in [4.78, 5) is 7.09. The average molecular weight is 1920 g/mol. The molecule has 0 saturated carbocycles. The summed E-state index contributed by atoms with van der Waals surface area (Å²) < 4.78 is 19.3. The number of furan rings is 3. The van der Waals surface area contributed by atoms with Crippen molar-refractivity contribution in [2.24, 2.45) is 0 Å². The summed E-state index contributed by atoms with van der Waals surface area (Å²) in [7, 11) is 0. The van der Waals surface area contributed by atoms with Gasteiger partial charge in [0.15, 0.2) is 0 Å². The van der Waals surface area contributed by atoms with Crippen molar-refractivity contribution in [3.63, 3.8) is 0 Å². The Hall–Kier alpha value is -19.9. The molecule has 24 aromatic carbocycles. The number of hydrogen-bond acceptors (Lipinski definition) is 6. The minimum atomic E-state index is 0.864. The second kappa shape index (κ2) is 41.4. The molecule has 27 aromatic rings. The van der Waals surface area contributed by atoms with Crippen LogP contribution in [0.3, 0.4) is 0 Å². The molecule has 0 spiro atoms. The number of para-hydroxylation sites is 6. The van der Waals surface area contributed by atoms with Crippen molar-refractivity contribution in [3.05, 3.63) is 601 Å². The Morgan fingerprint density at radius 1 is 0.100 bits per heavy atom. The Morgan fingerprint density at radius 3 is 0.647 bits per heavy atom. The van der Waals surface area contributed by atoms with Gasteiger partial charge in [0.25, 0.3) is 0 Å². The van der Waals surface area contributed by atoms with Gasteiger partial charge in [0.2, 0.25) is 0 Å². The highest BCUT2D eigenvalue weighted by Gasteiger charge is 2.27. The predicted octanol–water partition coefficient (Wildman–Crippen LogP) is 41.2. The van der Waals surface area contributed by atoms with Gasteiger partial charge in [-0.3, -0.25) is 0 Å². The van der Waals surface area contributed by atoms with E-state index in [1.165, 1.54) is 89.0 Å². The maximum absolute atomic E-state index is 6.43. The molecule has 0 bridgehead atoms. The van der Waals surface area contributed by atoms with E-state index in [4.69, 9.17) is 13.3 Å². The van der Waals surface area contributed by atoms with Crippen LogP contribution in [0.4, 0.5) is 51.2 Å². The number of hydrogen-bond donors (Lipinski definition) is 0. The highest BCUT2D eigenvalue weighted by Crippen LogP contribution is 2.51. The fourth-order valence-electron chi connectivity index (χ4n) is 21.1. The second-order valence-corrected chi connectivity index (χ2v) is 37.7. The van der Waals surface area contributed by atoms with Gasteiger partial charge in [-0.05, 0) is 250 Å². The molecule has 0 fully saturated rings. The van der Waals surface area contributed by atoms with Crippen molar-refractivity contribution >= 4 is 117 Å². The van der Waals surface area contributed by atoms with E-state index >= 15 is 0 Å². The third-order valence-corrected chi connectivity index (χ3v) is 28.4. The Labute approximate surface area is 872 Å². The first-order valence-electron chi connectivity index (χ1n) is 51.0. The molecule has 27 rings (SSSR count). The summed E-state index contributed by atoms with van der Waals surface area (Å²) in [6.07, 6.45) is 0. The molecule has 0 aliphatic heterocycles. The van der Waals surface area contributed by atoms with Crippen molar-refractivity contribution in [1.29, 1.82) is 0 Å². The topological polar surface area (TPSA) is 49.1 Å². The van der Waals surface area contributed by atoms with Crippen molar-refractivity contribution in [1.82, 2.24) is 0 Å². The Bertz CT molecular complexity index is 9530. The summed E-state index contributed by atoms with van der Waals surface area (Å²) >= 11 is 0. The highest BCUT2D eigenvalue weighted by molar-refractivity contribution is 6.10. The van der Waals surface area contributed by atoms with E-state index in [2.05, 4.69) is 579 Å². The van der Waals surface area contributed by atoms with Gasteiger partial charge in [-0.15, -0.1) is 0 Å². The molecule has 0 amide bonds. The number of anilines is 9. The first-order valence-corrected chi connectivity index (χ1v) is 51.0. The van der Waals surface area contributed by atoms with Gasteiger partial charge in [-0.2, -0.15) is 0 Å². The monoisotopic (exact) mass is 1920 g/mol. The Kier molecular flexibility index (Phi) is 25.2. The third-order valence-electron chi connectivity index (χ3n) is 28.4. The first-order chi connectivity index (χ1) is 74.4. The van der Waals surface area contributed by atoms with E-state index in [0.717, 1.165) is 162 Å². The van der Waals surface area contributed by atoms with Crippen molar-refractivity contribution in [2.75, 3.05) is 14.7 Å². The lowest BCUT2D eigenvalue weighted by Crippen LogP contribution is -2.11. The van der Waals surface area contributed by atoms with Crippen LogP contribution in [0.5, 0.6) is 0 Å². The van der Waals surface area contributed by atoms with Crippen LogP contribution in [0, 0.1) is 0 Å². The summed E-state index contributed by atoms with van der Waals surface area (Å²) in [5.41, 5.74) is 43.1. The number of fused-ring (bicyclic) bond motifs is 9. The van der Waals surface area contributed by atoms with Gasteiger partial charge < -0.3 is 28.0 Å². The van der Waals surface area contributed by atoms with Crippen LogP contribution in [0.15, 0.2) is 614 Å². The van der Waals surface area contributed by atoms with Crippen LogP contribution >= 0.6 is 0 Å². The highest BCUT2D eigenvalue weighted by atomic mass is 16.3. The van der Waals surface area contributed by atoms with Crippen LogP contribution in [-0.4, -0.2) is 0 Å². The van der Waals surface area contributed by atoms with E-state index in [9.17, 15) is 0 Å². The first kappa shape index (κ1) is 91.3. The third kappa shape index (κ3) is 18.8. The Morgan fingerprint density at radius 2 is 0.300 bits per heavy atom. The van der Waals surface area contributed by atoms with Gasteiger partial charge in [-0.1, -0.05) is 449 Å². The number of nitrogens with zero attached hydrogens (tertiary/aromatic N) is 3. The van der Waals surface area contributed by atoms with Gasteiger partial charge in [0.05, 0.1) is 17.1 Å². The molecule has 0 aliphatic rings. The number of rotatable bonds is 21. The molecular formula is C144H99N3O3. The molecule has 150 heavy (non-hydrogen) atoms. The summed E-state index contributed by atoms with van der Waals surface area (Å²) in [6.45, 7) is 0. The minimum absolute atomic E-state index is 0.864.